The molecule has 0 unspecified atom stereocenters. The highest BCUT2D eigenvalue weighted by molar-refractivity contribution is 5.90. The summed E-state index contributed by atoms with van der Waals surface area (Å²) in [6.07, 6.45) is 0.603. The molecule has 1 heterocycles. The summed E-state index contributed by atoms with van der Waals surface area (Å²) >= 11 is 0. The Morgan fingerprint density at radius 2 is 1.88 bits per heavy atom. The highest BCUT2D eigenvalue weighted by Gasteiger charge is 2.16. The van der Waals surface area contributed by atoms with Crippen LogP contribution in [-0.4, -0.2) is 62.4 Å². The van der Waals surface area contributed by atoms with Crippen LogP contribution in [0.5, 0.6) is 11.5 Å². The molecule has 2 rings (SSSR count). The number of benzene rings is 1. The molecule has 8 heteroatoms. The highest BCUT2D eigenvalue weighted by atomic mass is 16.3. The van der Waals surface area contributed by atoms with Crippen LogP contribution < -0.4 is 5.32 Å². The molecule has 2 aromatic rings. The number of H-pyrrole nitrogens is 1. The van der Waals surface area contributed by atoms with Crippen LogP contribution in [0.2, 0.25) is 0 Å². The average molecular weight is 347 g/mol. The minimum Gasteiger partial charge on any atom is -0.508 e. The Bertz CT molecular complexity index is 725. The Balaban J connectivity index is 2.08. The number of amides is 1. The number of hydrogen-bond acceptors (Lipinski definition) is 6. The van der Waals surface area contributed by atoms with Gasteiger partial charge in [0.2, 0.25) is 5.82 Å². The van der Waals surface area contributed by atoms with Crippen LogP contribution in [0.15, 0.2) is 12.1 Å². The third-order valence-electron chi connectivity index (χ3n) is 4.14. The number of aromatic hydroxyl groups is 2. The van der Waals surface area contributed by atoms with Crippen LogP contribution in [0.25, 0.3) is 11.4 Å². The van der Waals surface area contributed by atoms with Crippen molar-refractivity contribution in [1.82, 2.24) is 25.4 Å². The quantitative estimate of drug-likeness (QED) is 0.576. The third-order valence-corrected chi connectivity index (χ3v) is 4.14. The van der Waals surface area contributed by atoms with Gasteiger partial charge in [-0.15, -0.1) is 10.2 Å². The number of nitrogens with one attached hydrogen (secondary N) is 2. The van der Waals surface area contributed by atoms with Crippen molar-refractivity contribution in [3.63, 3.8) is 0 Å². The van der Waals surface area contributed by atoms with Crippen LogP contribution in [0, 0.1) is 0 Å². The lowest BCUT2D eigenvalue weighted by Gasteiger charge is -2.17. The van der Waals surface area contributed by atoms with Crippen LogP contribution >= 0.6 is 0 Å². The molecule has 0 bridgehead atoms. The molecule has 4 N–H and O–H groups in total. The Labute approximate surface area is 146 Å². The maximum atomic E-state index is 12.1. The molecule has 1 aromatic heterocycles. The molecular formula is C17H25N5O3. The summed E-state index contributed by atoms with van der Waals surface area (Å²) in [6.45, 7) is 9.17. The third kappa shape index (κ3) is 4.48. The number of phenolic OH excluding ortho intramolecular Hbond substituents is 2. The first kappa shape index (κ1) is 18.7. The summed E-state index contributed by atoms with van der Waals surface area (Å²) in [5.41, 5.74) is 1.07. The zero-order valence-corrected chi connectivity index (χ0v) is 14.8. The molecule has 0 aliphatic heterocycles. The van der Waals surface area contributed by atoms with E-state index in [9.17, 15) is 15.0 Å². The molecule has 0 fully saturated rings. The largest absolute Gasteiger partial charge is 0.508 e. The van der Waals surface area contributed by atoms with Crippen molar-refractivity contribution < 1.29 is 15.0 Å². The van der Waals surface area contributed by atoms with E-state index in [0.29, 0.717) is 24.1 Å². The predicted molar refractivity (Wildman–Crippen MR) is 94.6 cm³/mol. The van der Waals surface area contributed by atoms with Crippen molar-refractivity contribution in [2.45, 2.75) is 27.2 Å². The summed E-state index contributed by atoms with van der Waals surface area (Å²) in [7, 11) is 0. The summed E-state index contributed by atoms with van der Waals surface area (Å²) in [6, 6.07) is 2.90. The zero-order chi connectivity index (χ0) is 18.4. The van der Waals surface area contributed by atoms with Crippen LogP contribution in [0.3, 0.4) is 0 Å². The second-order valence-electron chi connectivity index (χ2n) is 5.66. The van der Waals surface area contributed by atoms with Crippen molar-refractivity contribution >= 4 is 5.91 Å². The van der Waals surface area contributed by atoms with E-state index in [-0.39, 0.29) is 29.1 Å². The molecule has 0 atom stereocenters. The van der Waals surface area contributed by atoms with Gasteiger partial charge in [0.25, 0.3) is 5.91 Å². The molecule has 0 spiro atoms. The normalized spacial score (nSPS) is 11.0. The van der Waals surface area contributed by atoms with Gasteiger partial charge in [-0.25, -0.2) is 0 Å². The lowest BCUT2D eigenvalue weighted by atomic mass is 10.1. The van der Waals surface area contributed by atoms with Gasteiger partial charge in [0.1, 0.15) is 11.5 Å². The number of rotatable bonds is 8. The molecule has 0 radical (unpaired) electrons. The van der Waals surface area contributed by atoms with Gasteiger partial charge in [0.05, 0.1) is 5.56 Å². The van der Waals surface area contributed by atoms with Gasteiger partial charge in [-0.1, -0.05) is 20.8 Å². The van der Waals surface area contributed by atoms with Crippen LogP contribution in [-0.2, 0) is 6.42 Å². The van der Waals surface area contributed by atoms with E-state index < -0.39 is 0 Å². The number of aromatic nitrogens is 3. The van der Waals surface area contributed by atoms with Crippen molar-refractivity contribution in [1.29, 1.82) is 0 Å². The number of hydrogen-bond donors (Lipinski definition) is 4. The number of phenols is 2. The molecule has 0 aliphatic carbocycles. The van der Waals surface area contributed by atoms with Crippen LogP contribution in [0.4, 0.5) is 0 Å². The minimum absolute atomic E-state index is 0.0256. The Morgan fingerprint density at radius 3 is 2.52 bits per heavy atom. The fraction of sp³-hybridized carbons (Fsp3) is 0.471. The Hall–Kier alpha value is -2.61. The fourth-order valence-corrected chi connectivity index (χ4v) is 2.53. The van der Waals surface area contributed by atoms with Gasteiger partial charge >= 0.3 is 0 Å². The van der Waals surface area contributed by atoms with Gasteiger partial charge in [-0.2, -0.15) is 0 Å². The standard InChI is InChI=1S/C17H25N5O3/c1-4-11-9-12(14(24)10-13(11)23)15-19-16(21-20-15)17(25)18-7-8-22(5-2)6-3/h9-10,23-24H,4-8H2,1-3H3,(H,18,25)(H,19,20,21). The van der Waals surface area contributed by atoms with E-state index >= 15 is 0 Å². The first-order valence-electron chi connectivity index (χ1n) is 8.48. The second kappa shape index (κ2) is 8.48. The molecule has 25 heavy (non-hydrogen) atoms. The molecule has 0 aliphatic rings. The molecule has 1 amide bonds. The van der Waals surface area contributed by atoms with Gasteiger partial charge < -0.3 is 25.4 Å². The van der Waals surface area contributed by atoms with E-state index in [4.69, 9.17) is 0 Å². The monoisotopic (exact) mass is 347 g/mol. The maximum Gasteiger partial charge on any atom is 0.289 e. The van der Waals surface area contributed by atoms with E-state index in [2.05, 4.69) is 39.2 Å². The summed E-state index contributed by atoms with van der Waals surface area (Å²) in [5.74, 6) is -0.0852. The number of carbonyl (C=O) groups excluding carboxylic acids is 1. The number of nitrogens with zero attached hydrogens (tertiary/aromatic N) is 3. The van der Waals surface area contributed by atoms with Gasteiger partial charge in [0, 0.05) is 19.2 Å². The first-order chi connectivity index (χ1) is 12.0. The molecule has 1 aromatic carbocycles. The molecule has 136 valence electrons. The number of aromatic amines is 1. The van der Waals surface area contributed by atoms with Crippen molar-refractivity contribution in [3.8, 4) is 22.9 Å². The summed E-state index contributed by atoms with van der Waals surface area (Å²) in [5, 5.41) is 30.3. The van der Waals surface area contributed by atoms with E-state index in [0.717, 1.165) is 19.6 Å². The van der Waals surface area contributed by atoms with Crippen molar-refractivity contribution in [2.75, 3.05) is 26.2 Å². The van der Waals surface area contributed by atoms with Crippen molar-refractivity contribution in [2.24, 2.45) is 0 Å². The summed E-state index contributed by atoms with van der Waals surface area (Å²) in [4.78, 5) is 17.2. The smallest absolute Gasteiger partial charge is 0.289 e. The number of aryl methyl sites for hydroxylation is 1. The topological polar surface area (TPSA) is 114 Å². The zero-order valence-electron chi connectivity index (χ0n) is 14.8. The second-order valence-corrected chi connectivity index (χ2v) is 5.66. The SMILES string of the molecule is CCc1cc(-c2nnc(C(=O)NCCN(CC)CC)[nH]2)c(O)cc1O. The Kier molecular flexibility index (Phi) is 6.35. The van der Waals surface area contributed by atoms with E-state index in [1.807, 2.05) is 6.92 Å². The minimum atomic E-state index is -0.347. The lowest BCUT2D eigenvalue weighted by Crippen LogP contribution is -2.35. The average Bonchev–Trinajstić information content (AvgIpc) is 3.08. The highest BCUT2D eigenvalue weighted by Crippen LogP contribution is 2.33. The maximum absolute atomic E-state index is 12.1. The molecule has 0 saturated heterocycles. The molecule has 8 nitrogen and oxygen atoms in total. The molecule has 0 saturated carbocycles. The predicted octanol–water partition coefficient (Wildman–Crippen LogP) is 1.52. The lowest BCUT2D eigenvalue weighted by molar-refractivity contribution is 0.0939. The summed E-state index contributed by atoms with van der Waals surface area (Å²) < 4.78 is 0. The number of likely N-dealkylation sites (N-methyl/N-ethyl adjacent to an activating group) is 1. The van der Waals surface area contributed by atoms with Gasteiger partial charge in [-0.3, -0.25) is 4.79 Å². The number of carbonyl (C=O) groups is 1. The van der Waals surface area contributed by atoms with Crippen LogP contribution in [0.1, 0.15) is 37.0 Å². The Morgan fingerprint density at radius 1 is 1.16 bits per heavy atom. The van der Waals surface area contributed by atoms with Crippen molar-refractivity contribution in [3.05, 3.63) is 23.5 Å². The van der Waals surface area contributed by atoms with E-state index in [1.165, 1.54) is 6.07 Å². The van der Waals surface area contributed by atoms with Gasteiger partial charge in [-0.05, 0) is 31.1 Å². The molecular weight excluding hydrogens is 322 g/mol. The van der Waals surface area contributed by atoms with Gasteiger partial charge in [0.15, 0.2) is 5.82 Å². The first-order valence-corrected chi connectivity index (χ1v) is 8.48. The van der Waals surface area contributed by atoms with E-state index in [1.54, 1.807) is 6.07 Å². The fourth-order valence-electron chi connectivity index (χ4n) is 2.53.